The molecule has 0 aliphatic rings. The fourth-order valence-electron chi connectivity index (χ4n) is 1.37. The van der Waals surface area contributed by atoms with E-state index in [-0.39, 0.29) is 6.42 Å². The molecule has 0 amide bonds. The Morgan fingerprint density at radius 1 is 1.44 bits per heavy atom. The van der Waals surface area contributed by atoms with E-state index in [0.29, 0.717) is 5.56 Å². The number of benzene rings is 1. The zero-order valence-corrected chi connectivity index (χ0v) is 8.65. The van der Waals surface area contributed by atoms with Gasteiger partial charge >= 0.3 is 5.97 Å². The van der Waals surface area contributed by atoms with Gasteiger partial charge in [-0.2, -0.15) is 0 Å². The van der Waals surface area contributed by atoms with E-state index in [2.05, 4.69) is 0 Å². The van der Waals surface area contributed by atoms with Gasteiger partial charge in [-0.15, -0.1) is 0 Å². The maximum atomic E-state index is 13.1. The highest BCUT2D eigenvalue weighted by molar-refractivity contribution is 5.73. The monoisotopic (exact) mass is 230 g/mol. The van der Waals surface area contributed by atoms with E-state index in [1.807, 2.05) is 0 Å². The summed E-state index contributed by atoms with van der Waals surface area (Å²) in [6.45, 7) is 1.09. The molecule has 5 heteroatoms. The molecule has 1 aromatic rings. The second kappa shape index (κ2) is 4.57. The molecule has 16 heavy (non-hydrogen) atoms. The Kier molecular flexibility index (Phi) is 3.59. The van der Waals surface area contributed by atoms with E-state index < -0.39 is 23.6 Å². The number of carboxylic acid groups (broad SMARTS) is 1. The summed E-state index contributed by atoms with van der Waals surface area (Å²) in [5.74, 6) is -2.16. The van der Waals surface area contributed by atoms with Crippen molar-refractivity contribution < 1.29 is 23.8 Å². The highest BCUT2D eigenvalue weighted by Crippen LogP contribution is 2.20. The van der Waals surface area contributed by atoms with Gasteiger partial charge in [-0.25, -0.2) is 13.6 Å². The van der Waals surface area contributed by atoms with Crippen LogP contribution in [0.2, 0.25) is 0 Å². The van der Waals surface area contributed by atoms with Crippen LogP contribution >= 0.6 is 0 Å². The molecule has 0 heterocycles. The van der Waals surface area contributed by atoms with Gasteiger partial charge in [0.15, 0.2) is 0 Å². The summed E-state index contributed by atoms with van der Waals surface area (Å²) >= 11 is 0. The Balaban J connectivity index is 2.79. The lowest BCUT2D eigenvalue weighted by Gasteiger charge is -2.24. The molecule has 1 rings (SSSR count). The van der Waals surface area contributed by atoms with Gasteiger partial charge in [0.25, 0.3) is 0 Å². The third kappa shape index (κ3) is 3.00. The number of carboxylic acids is 1. The first-order valence-electron chi connectivity index (χ1n) is 4.66. The number of aliphatic carboxylic acids is 1. The van der Waals surface area contributed by atoms with E-state index in [9.17, 15) is 18.7 Å². The van der Waals surface area contributed by atoms with Crippen LogP contribution in [0.1, 0.15) is 12.5 Å². The Morgan fingerprint density at radius 3 is 2.38 bits per heavy atom. The average Bonchev–Trinajstić information content (AvgIpc) is 2.20. The smallest absolute Gasteiger partial charge is 0.341 e. The maximum absolute atomic E-state index is 13.1. The largest absolute Gasteiger partial charge is 0.479 e. The Bertz CT molecular complexity index is 373. The first kappa shape index (κ1) is 12.6. The maximum Gasteiger partial charge on any atom is 0.341 e. The normalized spacial score (nSPS) is 16.5. The fourth-order valence-corrected chi connectivity index (χ4v) is 1.37. The van der Waals surface area contributed by atoms with Crippen LogP contribution in [0.3, 0.4) is 0 Å². The lowest BCUT2D eigenvalue weighted by atomic mass is 9.92. The Morgan fingerprint density at radius 2 is 1.94 bits per heavy atom. The quantitative estimate of drug-likeness (QED) is 0.824. The van der Waals surface area contributed by atoms with Crippen LogP contribution in [0.5, 0.6) is 0 Å². The van der Waals surface area contributed by atoms with Crippen molar-refractivity contribution in [3.8, 4) is 0 Å². The molecule has 0 spiro atoms. The zero-order valence-electron chi connectivity index (χ0n) is 8.65. The van der Waals surface area contributed by atoms with Gasteiger partial charge in [0.2, 0.25) is 6.17 Å². The standard InChI is InChI=1S/C11H12F2O3/c1-11(16,9(13)10(14)15)6-7-2-4-8(12)5-3-7/h2-5,9,16H,6H2,1H3,(H,14,15). The van der Waals surface area contributed by atoms with E-state index in [1.165, 1.54) is 24.3 Å². The minimum absolute atomic E-state index is 0.194. The van der Waals surface area contributed by atoms with Crippen molar-refractivity contribution >= 4 is 5.97 Å². The van der Waals surface area contributed by atoms with E-state index in [4.69, 9.17) is 5.11 Å². The molecule has 0 aliphatic heterocycles. The molecule has 2 N–H and O–H groups in total. The molecule has 0 fully saturated rings. The molecule has 2 unspecified atom stereocenters. The van der Waals surface area contributed by atoms with Crippen LogP contribution in [0, 0.1) is 5.82 Å². The SMILES string of the molecule is CC(O)(Cc1ccc(F)cc1)C(F)C(=O)O. The number of halogens is 2. The van der Waals surface area contributed by atoms with Crippen molar-refractivity contribution in [1.82, 2.24) is 0 Å². The lowest BCUT2D eigenvalue weighted by molar-refractivity contribution is -0.152. The topological polar surface area (TPSA) is 57.5 Å². The van der Waals surface area contributed by atoms with Gasteiger partial charge in [0.1, 0.15) is 11.4 Å². The predicted molar refractivity (Wildman–Crippen MR) is 53.3 cm³/mol. The number of rotatable bonds is 4. The van der Waals surface area contributed by atoms with Gasteiger partial charge in [-0.1, -0.05) is 12.1 Å². The zero-order chi connectivity index (χ0) is 12.3. The van der Waals surface area contributed by atoms with Crippen LogP contribution in [0.15, 0.2) is 24.3 Å². The number of hydrogen-bond acceptors (Lipinski definition) is 2. The van der Waals surface area contributed by atoms with E-state index in [1.54, 1.807) is 0 Å². The molecule has 3 nitrogen and oxygen atoms in total. The molecule has 88 valence electrons. The molecule has 2 atom stereocenters. The number of aliphatic hydroxyl groups is 1. The molecule has 0 bridgehead atoms. The average molecular weight is 230 g/mol. The Labute approximate surface area is 91.3 Å². The summed E-state index contributed by atoms with van der Waals surface area (Å²) < 4.78 is 25.7. The summed E-state index contributed by atoms with van der Waals surface area (Å²) in [6.07, 6.45) is -2.57. The van der Waals surface area contributed by atoms with Crippen LogP contribution in [-0.2, 0) is 11.2 Å². The number of alkyl halides is 1. The summed E-state index contributed by atoms with van der Waals surface area (Å²) in [5, 5.41) is 18.1. The highest BCUT2D eigenvalue weighted by atomic mass is 19.1. The first-order chi connectivity index (χ1) is 7.33. The van der Waals surface area contributed by atoms with Crippen molar-refractivity contribution in [3.05, 3.63) is 35.6 Å². The van der Waals surface area contributed by atoms with Crippen molar-refractivity contribution in [2.24, 2.45) is 0 Å². The molecule has 0 aliphatic carbocycles. The van der Waals surface area contributed by atoms with E-state index in [0.717, 1.165) is 6.92 Å². The third-order valence-electron chi connectivity index (χ3n) is 2.24. The fraction of sp³-hybridized carbons (Fsp3) is 0.364. The summed E-state index contributed by atoms with van der Waals surface area (Å²) in [6, 6.07) is 5.08. The van der Waals surface area contributed by atoms with Gasteiger partial charge in [-0.05, 0) is 24.6 Å². The van der Waals surface area contributed by atoms with Crippen molar-refractivity contribution in [1.29, 1.82) is 0 Å². The molecule has 0 saturated heterocycles. The van der Waals surface area contributed by atoms with Crippen LogP contribution in [0.4, 0.5) is 8.78 Å². The van der Waals surface area contributed by atoms with Gasteiger partial charge in [-0.3, -0.25) is 0 Å². The van der Waals surface area contributed by atoms with Crippen molar-refractivity contribution in [3.63, 3.8) is 0 Å². The third-order valence-corrected chi connectivity index (χ3v) is 2.24. The molecule has 1 aromatic carbocycles. The molecule has 0 radical (unpaired) electrons. The van der Waals surface area contributed by atoms with Crippen molar-refractivity contribution in [2.45, 2.75) is 25.1 Å². The minimum Gasteiger partial charge on any atom is -0.479 e. The minimum atomic E-state index is -2.38. The summed E-state index contributed by atoms with van der Waals surface area (Å²) in [5.41, 5.74) is -1.54. The molecule has 0 saturated carbocycles. The summed E-state index contributed by atoms with van der Waals surface area (Å²) in [7, 11) is 0. The van der Waals surface area contributed by atoms with Crippen LogP contribution < -0.4 is 0 Å². The van der Waals surface area contributed by atoms with Gasteiger partial charge < -0.3 is 10.2 Å². The number of hydrogen-bond donors (Lipinski definition) is 2. The Hall–Kier alpha value is -1.49. The highest BCUT2D eigenvalue weighted by Gasteiger charge is 2.37. The predicted octanol–water partition coefficient (Wildman–Crippen LogP) is 1.54. The van der Waals surface area contributed by atoms with Crippen LogP contribution in [0.25, 0.3) is 0 Å². The molecular weight excluding hydrogens is 218 g/mol. The summed E-state index contributed by atoms with van der Waals surface area (Å²) in [4.78, 5) is 10.4. The molecule has 0 aromatic heterocycles. The van der Waals surface area contributed by atoms with Gasteiger partial charge in [0, 0.05) is 6.42 Å². The van der Waals surface area contributed by atoms with Crippen LogP contribution in [-0.4, -0.2) is 28.0 Å². The van der Waals surface area contributed by atoms with Gasteiger partial charge in [0.05, 0.1) is 0 Å². The lowest BCUT2D eigenvalue weighted by Crippen LogP contribution is -2.43. The molecular formula is C11H12F2O3. The second-order valence-corrected chi connectivity index (χ2v) is 3.86. The second-order valence-electron chi connectivity index (χ2n) is 3.86. The number of carbonyl (C=O) groups is 1. The van der Waals surface area contributed by atoms with E-state index >= 15 is 0 Å². The van der Waals surface area contributed by atoms with Crippen molar-refractivity contribution in [2.75, 3.05) is 0 Å². The first-order valence-corrected chi connectivity index (χ1v) is 4.66.